The summed E-state index contributed by atoms with van der Waals surface area (Å²) in [6.45, 7) is 18.6. The highest BCUT2D eigenvalue weighted by Gasteiger charge is 2.43. The van der Waals surface area contributed by atoms with Crippen molar-refractivity contribution in [3.05, 3.63) is 106 Å². The van der Waals surface area contributed by atoms with Crippen LogP contribution in [0.4, 0.5) is 9.18 Å². The number of amides is 2. The summed E-state index contributed by atoms with van der Waals surface area (Å²) >= 11 is 6.50. The minimum absolute atomic E-state index is 0.124. The number of halogens is 2. The molecule has 1 saturated heterocycles. The molecule has 0 aliphatic carbocycles. The van der Waals surface area contributed by atoms with Gasteiger partial charge in [-0.15, -0.1) is 0 Å². The lowest BCUT2D eigenvalue weighted by Gasteiger charge is -2.46. The number of allylic oxidation sites excluding steroid dienone is 2. The van der Waals surface area contributed by atoms with E-state index in [4.69, 9.17) is 21.3 Å². The highest BCUT2D eigenvalue weighted by molar-refractivity contribution is 6.30. The number of piperazine rings is 1. The number of carbonyl (C=O) groups is 2. The topological polar surface area (TPSA) is 80.7 Å². The lowest BCUT2D eigenvalue weighted by Crippen LogP contribution is -2.61. The van der Waals surface area contributed by atoms with Gasteiger partial charge in [0.1, 0.15) is 17.5 Å². The number of carbonyl (C=O) groups excluding carboxylic acids is 2. The van der Waals surface area contributed by atoms with Gasteiger partial charge in [-0.05, 0) is 88.4 Å². The number of hydrogen-bond donors (Lipinski definition) is 1. The van der Waals surface area contributed by atoms with Crippen molar-refractivity contribution in [1.29, 1.82) is 0 Å². The van der Waals surface area contributed by atoms with E-state index in [2.05, 4.69) is 28.6 Å². The van der Waals surface area contributed by atoms with Crippen molar-refractivity contribution >= 4 is 29.8 Å². The number of nitrogens with one attached hydrogen (secondary N) is 1. The molecule has 2 heterocycles. The monoisotopic (exact) mass is 706 g/mol. The fourth-order valence-electron chi connectivity index (χ4n) is 6.34. The first-order valence-electron chi connectivity index (χ1n) is 17.3. The van der Waals surface area contributed by atoms with Crippen molar-refractivity contribution in [2.75, 3.05) is 39.4 Å². The van der Waals surface area contributed by atoms with Crippen LogP contribution < -0.4 is 5.32 Å². The van der Waals surface area contributed by atoms with Gasteiger partial charge >= 0.3 is 6.09 Å². The summed E-state index contributed by atoms with van der Waals surface area (Å²) in [5, 5.41) is 3.82. The van der Waals surface area contributed by atoms with Crippen LogP contribution in [0.15, 0.2) is 83.8 Å². The number of ether oxygens (including phenoxy) is 1. The summed E-state index contributed by atoms with van der Waals surface area (Å²) in [7, 11) is 0. The van der Waals surface area contributed by atoms with E-state index in [1.54, 1.807) is 29.3 Å². The Kier molecular flexibility index (Phi) is 13.7. The molecule has 2 aliphatic rings. The van der Waals surface area contributed by atoms with Gasteiger partial charge < -0.3 is 24.8 Å². The molecule has 0 unspecified atom stereocenters. The van der Waals surface area contributed by atoms with Gasteiger partial charge in [0, 0.05) is 62.9 Å². The summed E-state index contributed by atoms with van der Waals surface area (Å²) in [6, 6.07) is 10.9. The summed E-state index contributed by atoms with van der Waals surface area (Å²) in [6.07, 6.45) is 8.20. The van der Waals surface area contributed by atoms with Gasteiger partial charge in [-0.1, -0.05) is 55.0 Å². The number of aryl methyl sites for hydroxylation is 1. The second-order valence-corrected chi connectivity index (χ2v) is 14.3. The first-order chi connectivity index (χ1) is 23.8. The third-order valence-electron chi connectivity index (χ3n) is 8.73. The molecule has 9 nitrogen and oxygen atoms in total. The lowest BCUT2D eigenvalue weighted by atomic mass is 9.91. The largest absolute Gasteiger partial charge is 0.444 e. The van der Waals surface area contributed by atoms with Gasteiger partial charge in [-0.25, -0.2) is 9.18 Å². The smallest absolute Gasteiger partial charge is 0.410 e. The quantitative estimate of drug-likeness (QED) is 0.220. The zero-order chi connectivity index (χ0) is 36.4. The highest BCUT2D eigenvalue weighted by Crippen LogP contribution is 2.38. The van der Waals surface area contributed by atoms with Crippen LogP contribution >= 0.6 is 11.6 Å². The fourth-order valence-corrected chi connectivity index (χ4v) is 6.54. The minimum atomic E-state index is -0.747. The zero-order valence-corrected chi connectivity index (χ0v) is 31.0. The molecule has 2 aromatic rings. The molecule has 0 radical (unpaired) electrons. The number of nitrogens with zero attached hydrogens (tertiary/aromatic N) is 5. The summed E-state index contributed by atoms with van der Waals surface area (Å²) in [5.41, 5.74) is 3.95. The van der Waals surface area contributed by atoms with Gasteiger partial charge in [0.2, 0.25) is 5.91 Å². The van der Waals surface area contributed by atoms with Crippen molar-refractivity contribution in [2.45, 2.75) is 78.6 Å². The molecule has 0 saturated carbocycles. The van der Waals surface area contributed by atoms with Crippen molar-refractivity contribution in [1.82, 2.24) is 24.9 Å². The number of hydrogen-bond acceptors (Lipinski definition) is 7. The molecular weight excluding hydrogens is 655 g/mol. The number of aliphatic imine (C=N–C) groups is 1. The maximum Gasteiger partial charge on any atom is 0.410 e. The van der Waals surface area contributed by atoms with Gasteiger partial charge in [-0.3, -0.25) is 14.7 Å². The second kappa shape index (κ2) is 17.7. The normalized spacial score (nSPS) is 17.1. The first kappa shape index (κ1) is 38.6. The van der Waals surface area contributed by atoms with Crippen LogP contribution in [-0.2, 0) is 22.5 Å². The van der Waals surface area contributed by atoms with Crippen molar-refractivity contribution < 1.29 is 18.7 Å². The standard InChI is InChI=1S/C39H52ClFN6O3/c1-8-17-43-35(28(3)4)36(33-16-13-31(40)24-30(33)9-2)47-23-22-46(38(49)50-39(5,6)7)26-34(47)37(48)45(20-10-19-44-21-18-42-27-44)25-29-11-14-32(41)15-12-29/h8,11-18,21,24,34,36,42H,1,9-10,19-20,22-23,25-27H2,2-7H3/t34-,36-/m1/s1. The Morgan fingerprint density at radius 1 is 1.18 bits per heavy atom. The van der Waals surface area contributed by atoms with Crippen LogP contribution in [0.1, 0.15) is 70.7 Å². The van der Waals surface area contributed by atoms with Gasteiger partial charge in [0.05, 0.1) is 18.4 Å². The molecule has 1 N–H and O–H groups in total. The molecule has 270 valence electrons. The molecule has 2 atom stereocenters. The third-order valence-corrected chi connectivity index (χ3v) is 8.97. The van der Waals surface area contributed by atoms with Crippen molar-refractivity contribution in [2.24, 2.45) is 4.99 Å². The minimum Gasteiger partial charge on any atom is -0.444 e. The van der Waals surface area contributed by atoms with E-state index in [1.165, 1.54) is 12.1 Å². The van der Waals surface area contributed by atoms with E-state index in [0.717, 1.165) is 40.9 Å². The predicted molar refractivity (Wildman–Crippen MR) is 199 cm³/mol. The molecular formula is C39H52ClFN6O3. The molecule has 2 aliphatic heterocycles. The summed E-state index contributed by atoms with van der Waals surface area (Å²) in [5.74, 6) is -0.464. The van der Waals surface area contributed by atoms with Gasteiger partial charge in [0.25, 0.3) is 0 Å². The van der Waals surface area contributed by atoms with E-state index in [0.29, 0.717) is 44.3 Å². The van der Waals surface area contributed by atoms with Crippen LogP contribution in [0.3, 0.4) is 0 Å². The Labute approximate surface area is 302 Å². The Hall–Kier alpha value is -4.15. The molecule has 0 bridgehead atoms. The van der Waals surface area contributed by atoms with Crippen LogP contribution in [0.25, 0.3) is 0 Å². The molecule has 0 aromatic heterocycles. The third kappa shape index (κ3) is 10.4. The van der Waals surface area contributed by atoms with Crippen LogP contribution in [0.2, 0.25) is 5.02 Å². The first-order valence-corrected chi connectivity index (χ1v) is 17.7. The fraction of sp³-hybridized carbons (Fsp3) is 0.462. The van der Waals surface area contributed by atoms with Crippen LogP contribution in [0, 0.1) is 5.82 Å². The summed E-state index contributed by atoms with van der Waals surface area (Å²) in [4.78, 5) is 41.3. The average Bonchev–Trinajstić information content (AvgIpc) is 3.59. The Morgan fingerprint density at radius 2 is 1.92 bits per heavy atom. The van der Waals surface area contributed by atoms with Crippen molar-refractivity contribution in [3.8, 4) is 0 Å². The molecule has 50 heavy (non-hydrogen) atoms. The Morgan fingerprint density at radius 3 is 2.54 bits per heavy atom. The molecule has 0 spiro atoms. The Bertz CT molecular complexity index is 1580. The average molecular weight is 707 g/mol. The van der Waals surface area contributed by atoms with E-state index in [1.807, 2.05) is 70.1 Å². The molecule has 2 aromatic carbocycles. The van der Waals surface area contributed by atoms with E-state index in [9.17, 15) is 9.18 Å². The molecule has 2 amide bonds. The summed E-state index contributed by atoms with van der Waals surface area (Å²) < 4.78 is 19.7. The maximum atomic E-state index is 15.1. The molecule has 1 fully saturated rings. The van der Waals surface area contributed by atoms with E-state index in [-0.39, 0.29) is 18.3 Å². The maximum absolute atomic E-state index is 15.1. The lowest BCUT2D eigenvalue weighted by molar-refractivity contribution is -0.141. The van der Waals surface area contributed by atoms with E-state index < -0.39 is 23.8 Å². The number of rotatable bonds is 13. The molecule has 11 heteroatoms. The van der Waals surface area contributed by atoms with Crippen LogP contribution in [0.5, 0.6) is 0 Å². The second-order valence-electron chi connectivity index (χ2n) is 13.9. The van der Waals surface area contributed by atoms with Crippen LogP contribution in [-0.4, -0.2) is 88.9 Å². The molecule has 4 rings (SSSR count). The van der Waals surface area contributed by atoms with Gasteiger partial charge in [0.15, 0.2) is 0 Å². The highest BCUT2D eigenvalue weighted by atomic mass is 35.5. The zero-order valence-electron chi connectivity index (χ0n) is 30.3. The predicted octanol–water partition coefficient (Wildman–Crippen LogP) is 7.31. The Balaban J connectivity index is 1.82. The number of benzene rings is 2. The van der Waals surface area contributed by atoms with Crippen molar-refractivity contribution in [3.63, 3.8) is 0 Å². The van der Waals surface area contributed by atoms with E-state index >= 15 is 4.79 Å². The van der Waals surface area contributed by atoms with Gasteiger partial charge in [-0.2, -0.15) is 0 Å². The SMILES string of the molecule is C=CC=NC(=C(C)C)[C@@H](c1ccc(Cl)cc1CC)N1CCN(C(=O)OC(C)(C)C)C[C@@H]1C(=O)N(CCCN1C=CNC1)Cc1ccc(F)cc1.